The Kier molecular flexibility index (Phi) is 11.3. The van der Waals surface area contributed by atoms with Crippen LogP contribution in [0.2, 0.25) is 0 Å². The van der Waals surface area contributed by atoms with Gasteiger partial charge in [-0.15, -0.1) is 0 Å². The van der Waals surface area contributed by atoms with Crippen molar-refractivity contribution in [1.29, 1.82) is 0 Å². The molecule has 0 aromatic carbocycles. The van der Waals surface area contributed by atoms with Crippen LogP contribution in [0.1, 0.15) is 6.42 Å². The second-order valence-corrected chi connectivity index (χ2v) is 1.15. The summed E-state index contributed by atoms with van der Waals surface area (Å²) in [6, 6.07) is 0. The number of thiol groups is 1. The summed E-state index contributed by atoms with van der Waals surface area (Å²) in [4.78, 5) is 0. The Morgan fingerprint density at radius 3 is 2.29 bits per heavy atom. The van der Waals surface area contributed by atoms with Crippen molar-refractivity contribution in [3.05, 3.63) is 6.42 Å². The molecule has 0 bridgehead atoms. The predicted molar refractivity (Wildman–Crippen MR) is 28.5 cm³/mol. The third kappa shape index (κ3) is 5.04. The fourth-order valence-corrected chi connectivity index (χ4v) is 0.417. The molecule has 1 saturated heterocycles. The Hall–Kier alpha value is 1.18. The first-order valence-electron chi connectivity index (χ1n) is 1.89. The molecule has 1 radical (unpaired) electrons. The van der Waals surface area contributed by atoms with Crippen LogP contribution in [0.15, 0.2) is 0 Å². The molecule has 0 unspecified atom stereocenters. The van der Waals surface area contributed by atoms with E-state index in [2.05, 4.69) is 6.42 Å². The monoisotopic (exact) mass is 149 g/mol. The fourth-order valence-electron chi connectivity index (χ4n) is 0.417. The molecular formula is C4H8OSSc-2. The first-order valence-corrected chi connectivity index (χ1v) is 1.89. The molecule has 1 heterocycles. The van der Waals surface area contributed by atoms with Gasteiger partial charge in [-0.1, -0.05) is 6.61 Å². The van der Waals surface area contributed by atoms with Crippen LogP contribution in [0.3, 0.4) is 0 Å². The quantitative estimate of drug-likeness (QED) is 0.279. The zero-order valence-electron chi connectivity index (χ0n) is 4.13. The Balaban J connectivity index is 0. The van der Waals surface area contributed by atoms with E-state index in [9.17, 15) is 0 Å². The van der Waals surface area contributed by atoms with Gasteiger partial charge in [-0.2, -0.15) is 6.42 Å². The number of hydrogen-bond donors (Lipinski definition) is 0. The Bertz CT molecular complexity index is 23.3. The second-order valence-electron chi connectivity index (χ2n) is 1.15. The van der Waals surface area contributed by atoms with Gasteiger partial charge in [0.15, 0.2) is 0 Å². The number of hydrogen-bond acceptors (Lipinski definition) is 2. The molecule has 3 heteroatoms. The standard InChI is InChI=1S/C4H7O.H2S.Sc/c1-2-4-5-3-1;;/h1H,2-4H2;1H2;/q-1;;/p-1. The molecule has 1 aliphatic rings. The summed E-state index contributed by atoms with van der Waals surface area (Å²) >= 11 is 0. The molecule has 0 aromatic heterocycles. The Labute approximate surface area is 70.0 Å². The van der Waals surface area contributed by atoms with Gasteiger partial charge in [0.25, 0.3) is 0 Å². The van der Waals surface area contributed by atoms with Crippen molar-refractivity contribution in [2.45, 2.75) is 6.42 Å². The third-order valence-electron chi connectivity index (χ3n) is 0.702. The van der Waals surface area contributed by atoms with Crippen LogP contribution < -0.4 is 0 Å². The maximum absolute atomic E-state index is 4.89. The Morgan fingerprint density at radius 1 is 1.43 bits per heavy atom. The fraction of sp³-hybridized carbons (Fsp3) is 0.750. The van der Waals surface area contributed by atoms with E-state index >= 15 is 0 Å². The molecule has 41 valence electrons. The number of ether oxygens (including phenoxy) is 1. The minimum atomic E-state index is 0. The summed E-state index contributed by atoms with van der Waals surface area (Å²) in [5.41, 5.74) is 0. The normalized spacial score (nSPS) is 17.1. The molecule has 0 saturated carbocycles. The van der Waals surface area contributed by atoms with E-state index in [0.29, 0.717) is 0 Å². The van der Waals surface area contributed by atoms with Crippen molar-refractivity contribution < 1.29 is 30.6 Å². The zero-order valence-corrected chi connectivity index (χ0v) is 6.83. The number of rotatable bonds is 0. The summed E-state index contributed by atoms with van der Waals surface area (Å²) in [6.07, 6.45) is 3.29. The average molecular weight is 149 g/mol. The van der Waals surface area contributed by atoms with Gasteiger partial charge in [0.2, 0.25) is 0 Å². The van der Waals surface area contributed by atoms with Gasteiger partial charge >= 0.3 is 0 Å². The third-order valence-corrected chi connectivity index (χ3v) is 0.702. The van der Waals surface area contributed by atoms with E-state index in [-0.39, 0.29) is 39.3 Å². The smallest absolute Gasteiger partial charge is 0.0161 e. The molecule has 1 rings (SSSR count). The second kappa shape index (κ2) is 7.18. The van der Waals surface area contributed by atoms with Crippen LogP contribution in [0, 0.1) is 6.42 Å². The SMILES string of the molecule is [CH-]1CCOC1.[SH-].[Sc]. The summed E-state index contributed by atoms with van der Waals surface area (Å²) in [6.45, 7) is 1.82. The van der Waals surface area contributed by atoms with Crippen LogP contribution in [0.5, 0.6) is 0 Å². The van der Waals surface area contributed by atoms with Crippen LogP contribution in [-0.4, -0.2) is 13.2 Å². The topological polar surface area (TPSA) is 9.23 Å². The molecule has 0 spiro atoms. The van der Waals surface area contributed by atoms with E-state index < -0.39 is 0 Å². The van der Waals surface area contributed by atoms with E-state index in [0.717, 1.165) is 19.6 Å². The van der Waals surface area contributed by atoms with Gasteiger partial charge in [0.1, 0.15) is 0 Å². The minimum Gasteiger partial charge on any atom is -0.813 e. The Morgan fingerprint density at radius 2 is 2.14 bits per heavy atom. The van der Waals surface area contributed by atoms with E-state index in [1.54, 1.807) is 0 Å². The van der Waals surface area contributed by atoms with Gasteiger partial charge in [-0.3, -0.25) is 0 Å². The maximum Gasteiger partial charge on any atom is 0.0161 e. The molecule has 0 atom stereocenters. The minimum absolute atomic E-state index is 0. The molecule has 0 aliphatic carbocycles. The summed E-state index contributed by atoms with van der Waals surface area (Å²) in [5.74, 6) is 0. The molecule has 1 aliphatic heterocycles. The van der Waals surface area contributed by atoms with Crippen molar-refractivity contribution in [3.8, 4) is 0 Å². The average Bonchev–Trinajstić information content (AvgIpc) is 1.76. The molecule has 7 heavy (non-hydrogen) atoms. The van der Waals surface area contributed by atoms with Crippen molar-refractivity contribution in [2.24, 2.45) is 0 Å². The van der Waals surface area contributed by atoms with Gasteiger partial charge in [-0.05, 0) is 0 Å². The van der Waals surface area contributed by atoms with E-state index in [1.807, 2.05) is 0 Å². The molecule has 0 aromatic rings. The summed E-state index contributed by atoms with van der Waals surface area (Å²) in [7, 11) is 0. The van der Waals surface area contributed by atoms with E-state index in [4.69, 9.17) is 4.74 Å². The van der Waals surface area contributed by atoms with Crippen LogP contribution in [0.25, 0.3) is 0 Å². The van der Waals surface area contributed by atoms with Crippen molar-refractivity contribution >= 4 is 13.5 Å². The van der Waals surface area contributed by atoms with Crippen LogP contribution in [0.4, 0.5) is 0 Å². The maximum atomic E-state index is 4.89. The first-order chi connectivity index (χ1) is 2.50. The summed E-state index contributed by atoms with van der Waals surface area (Å²) < 4.78 is 4.89. The van der Waals surface area contributed by atoms with Gasteiger partial charge in [0, 0.05) is 32.5 Å². The van der Waals surface area contributed by atoms with Gasteiger partial charge in [-0.25, -0.2) is 0 Å². The van der Waals surface area contributed by atoms with Gasteiger partial charge < -0.3 is 24.7 Å². The predicted octanol–water partition coefficient (Wildman–Crippen LogP) is 0.338. The molecule has 0 N–H and O–H groups in total. The largest absolute Gasteiger partial charge is 0.813 e. The molecule has 1 nitrogen and oxygen atoms in total. The molecule has 1 fully saturated rings. The molecular weight excluding hydrogens is 141 g/mol. The van der Waals surface area contributed by atoms with Crippen molar-refractivity contribution in [2.75, 3.05) is 13.2 Å². The van der Waals surface area contributed by atoms with Gasteiger partial charge in [0.05, 0.1) is 0 Å². The first kappa shape index (κ1) is 11.0. The molecule has 0 amide bonds. The van der Waals surface area contributed by atoms with Crippen molar-refractivity contribution in [1.82, 2.24) is 0 Å². The van der Waals surface area contributed by atoms with Crippen LogP contribution >= 0.6 is 0 Å². The van der Waals surface area contributed by atoms with Crippen LogP contribution in [-0.2, 0) is 44.1 Å². The zero-order chi connectivity index (χ0) is 3.54. The van der Waals surface area contributed by atoms with Crippen molar-refractivity contribution in [3.63, 3.8) is 0 Å². The van der Waals surface area contributed by atoms with E-state index in [1.165, 1.54) is 0 Å². The summed E-state index contributed by atoms with van der Waals surface area (Å²) in [5, 5.41) is 0.